The van der Waals surface area contributed by atoms with Crippen molar-refractivity contribution in [2.75, 3.05) is 31.1 Å². The number of amides is 1. The van der Waals surface area contributed by atoms with Crippen LogP contribution in [0.15, 0.2) is 42.5 Å². The van der Waals surface area contributed by atoms with E-state index >= 15 is 0 Å². The number of nitrogens with zero attached hydrogens (tertiary/aromatic N) is 3. The van der Waals surface area contributed by atoms with Gasteiger partial charge in [0, 0.05) is 26.2 Å². The van der Waals surface area contributed by atoms with Gasteiger partial charge in [-0.25, -0.2) is 4.98 Å². The lowest BCUT2D eigenvalue weighted by Crippen LogP contribution is -2.49. The van der Waals surface area contributed by atoms with Gasteiger partial charge in [0.15, 0.2) is 5.13 Å². The molecule has 1 saturated heterocycles. The second-order valence-electron chi connectivity index (χ2n) is 7.13. The van der Waals surface area contributed by atoms with Crippen LogP contribution in [0.5, 0.6) is 0 Å². The molecule has 4 nitrogen and oxygen atoms in total. The molecule has 0 atom stereocenters. The van der Waals surface area contributed by atoms with E-state index < -0.39 is 0 Å². The summed E-state index contributed by atoms with van der Waals surface area (Å²) in [5.74, 6) is 0.221. The van der Waals surface area contributed by atoms with E-state index in [1.54, 1.807) is 11.3 Å². The zero-order chi connectivity index (χ0) is 18.8. The highest BCUT2D eigenvalue weighted by Gasteiger charge is 2.23. The minimum atomic E-state index is 0.221. The molecule has 0 N–H and O–H groups in total. The molecule has 1 amide bonds. The SMILES string of the molecule is CCc1ccc(CC(=O)N2CCN(c3nc4c(C)cccc4s3)CC2)cc1. The molecule has 0 radical (unpaired) electrons. The van der Waals surface area contributed by atoms with Crippen molar-refractivity contribution in [2.45, 2.75) is 26.7 Å². The molecule has 0 aliphatic carbocycles. The van der Waals surface area contributed by atoms with Crippen LogP contribution < -0.4 is 4.90 Å². The van der Waals surface area contributed by atoms with Gasteiger partial charge in [-0.3, -0.25) is 4.79 Å². The molecule has 1 aromatic heterocycles. The Kier molecular flexibility index (Phi) is 5.12. The van der Waals surface area contributed by atoms with Crippen LogP contribution in [0, 0.1) is 6.92 Å². The number of anilines is 1. The van der Waals surface area contributed by atoms with E-state index in [0.717, 1.165) is 48.8 Å². The van der Waals surface area contributed by atoms with Crippen molar-refractivity contribution in [3.8, 4) is 0 Å². The number of fused-ring (bicyclic) bond motifs is 1. The lowest BCUT2D eigenvalue weighted by atomic mass is 10.1. The smallest absolute Gasteiger partial charge is 0.227 e. The van der Waals surface area contributed by atoms with Crippen molar-refractivity contribution in [2.24, 2.45) is 0 Å². The number of piperazine rings is 1. The topological polar surface area (TPSA) is 36.4 Å². The fourth-order valence-electron chi connectivity index (χ4n) is 3.54. The van der Waals surface area contributed by atoms with Crippen molar-refractivity contribution in [1.29, 1.82) is 0 Å². The third kappa shape index (κ3) is 3.83. The molecule has 0 saturated carbocycles. The van der Waals surface area contributed by atoms with E-state index in [4.69, 9.17) is 4.98 Å². The van der Waals surface area contributed by atoms with Crippen LogP contribution >= 0.6 is 11.3 Å². The molecule has 140 valence electrons. The highest BCUT2D eigenvalue weighted by atomic mass is 32.1. The predicted octanol–water partition coefficient (Wildman–Crippen LogP) is 4.06. The van der Waals surface area contributed by atoms with Crippen molar-refractivity contribution < 1.29 is 4.79 Å². The summed E-state index contributed by atoms with van der Waals surface area (Å²) in [7, 11) is 0. The first kappa shape index (κ1) is 18.0. The van der Waals surface area contributed by atoms with Crippen LogP contribution in [0.4, 0.5) is 5.13 Å². The summed E-state index contributed by atoms with van der Waals surface area (Å²) in [4.78, 5) is 21.8. The van der Waals surface area contributed by atoms with Gasteiger partial charge in [-0.2, -0.15) is 0 Å². The highest BCUT2D eigenvalue weighted by molar-refractivity contribution is 7.22. The Bertz CT molecular complexity index is 940. The standard InChI is InChI=1S/C22H25N3OS/c1-3-17-7-9-18(10-8-17)15-20(26)24-11-13-25(14-12-24)22-23-21-16(2)5-4-6-19(21)27-22/h4-10H,3,11-15H2,1-2H3. The zero-order valence-electron chi connectivity index (χ0n) is 15.9. The van der Waals surface area contributed by atoms with Crippen LogP contribution in [-0.2, 0) is 17.6 Å². The maximum Gasteiger partial charge on any atom is 0.227 e. The number of carbonyl (C=O) groups is 1. The average molecular weight is 380 g/mol. The second kappa shape index (κ2) is 7.69. The number of carbonyl (C=O) groups excluding carboxylic acids is 1. The van der Waals surface area contributed by atoms with Gasteiger partial charge in [0.2, 0.25) is 5.91 Å². The largest absolute Gasteiger partial charge is 0.345 e. The number of aromatic nitrogens is 1. The summed E-state index contributed by atoms with van der Waals surface area (Å²) in [6, 6.07) is 14.7. The van der Waals surface area contributed by atoms with Crippen molar-refractivity contribution in [3.63, 3.8) is 0 Å². The number of thiazole rings is 1. The first-order valence-electron chi connectivity index (χ1n) is 9.60. The Labute approximate surface area is 164 Å². The molecular weight excluding hydrogens is 354 g/mol. The molecular formula is C22H25N3OS. The van der Waals surface area contributed by atoms with Gasteiger partial charge in [0.05, 0.1) is 16.6 Å². The van der Waals surface area contributed by atoms with E-state index in [-0.39, 0.29) is 5.91 Å². The third-order valence-corrected chi connectivity index (χ3v) is 6.38. The number of rotatable bonds is 4. The van der Waals surface area contributed by atoms with Crippen LogP contribution in [-0.4, -0.2) is 42.0 Å². The van der Waals surface area contributed by atoms with Gasteiger partial charge in [-0.15, -0.1) is 0 Å². The lowest BCUT2D eigenvalue weighted by Gasteiger charge is -2.34. The minimum Gasteiger partial charge on any atom is -0.345 e. The van der Waals surface area contributed by atoms with Gasteiger partial charge in [-0.1, -0.05) is 54.7 Å². The normalized spacial score (nSPS) is 14.7. The van der Waals surface area contributed by atoms with Crippen molar-refractivity contribution in [1.82, 2.24) is 9.88 Å². The zero-order valence-corrected chi connectivity index (χ0v) is 16.8. The van der Waals surface area contributed by atoms with Crippen LogP contribution in [0.3, 0.4) is 0 Å². The molecule has 0 bridgehead atoms. The van der Waals surface area contributed by atoms with E-state index in [9.17, 15) is 4.79 Å². The van der Waals surface area contributed by atoms with Crippen LogP contribution in [0.2, 0.25) is 0 Å². The van der Waals surface area contributed by atoms with Crippen molar-refractivity contribution in [3.05, 3.63) is 59.2 Å². The maximum atomic E-state index is 12.6. The van der Waals surface area contributed by atoms with E-state index in [0.29, 0.717) is 6.42 Å². The monoisotopic (exact) mass is 379 g/mol. The van der Waals surface area contributed by atoms with Gasteiger partial charge in [0.25, 0.3) is 0 Å². The predicted molar refractivity (Wildman–Crippen MR) is 113 cm³/mol. The summed E-state index contributed by atoms with van der Waals surface area (Å²) in [6.07, 6.45) is 1.52. The van der Waals surface area contributed by atoms with Crippen LogP contribution in [0.1, 0.15) is 23.6 Å². The molecule has 3 aromatic rings. The number of aryl methyl sites for hydroxylation is 2. The first-order valence-corrected chi connectivity index (χ1v) is 10.4. The summed E-state index contributed by atoms with van der Waals surface area (Å²) in [5.41, 5.74) is 4.73. The molecule has 0 unspecified atom stereocenters. The van der Waals surface area contributed by atoms with Gasteiger partial charge < -0.3 is 9.80 Å². The fourth-order valence-corrected chi connectivity index (χ4v) is 4.63. The second-order valence-corrected chi connectivity index (χ2v) is 8.14. The Balaban J connectivity index is 1.37. The van der Waals surface area contributed by atoms with Crippen LogP contribution in [0.25, 0.3) is 10.2 Å². The van der Waals surface area contributed by atoms with Gasteiger partial charge in [0.1, 0.15) is 0 Å². The minimum absolute atomic E-state index is 0.221. The molecule has 4 rings (SSSR count). The summed E-state index contributed by atoms with van der Waals surface area (Å²) in [5, 5.41) is 1.07. The molecule has 27 heavy (non-hydrogen) atoms. The molecule has 5 heteroatoms. The summed E-state index contributed by atoms with van der Waals surface area (Å²) < 4.78 is 1.24. The van der Waals surface area contributed by atoms with E-state index in [1.807, 2.05) is 4.90 Å². The maximum absolute atomic E-state index is 12.6. The molecule has 1 fully saturated rings. The van der Waals surface area contributed by atoms with Crippen molar-refractivity contribution >= 4 is 32.6 Å². The Morgan fingerprint density at radius 1 is 1.04 bits per heavy atom. The van der Waals surface area contributed by atoms with Gasteiger partial charge in [-0.05, 0) is 36.1 Å². The lowest BCUT2D eigenvalue weighted by molar-refractivity contribution is -0.130. The summed E-state index contributed by atoms with van der Waals surface area (Å²) in [6.45, 7) is 7.47. The fraction of sp³-hybridized carbons (Fsp3) is 0.364. The molecule has 2 aromatic carbocycles. The molecule has 1 aliphatic rings. The molecule has 1 aliphatic heterocycles. The van der Waals surface area contributed by atoms with E-state index in [1.165, 1.54) is 15.8 Å². The summed E-state index contributed by atoms with van der Waals surface area (Å²) >= 11 is 1.75. The Morgan fingerprint density at radius 2 is 1.74 bits per heavy atom. The number of hydrogen-bond acceptors (Lipinski definition) is 4. The average Bonchev–Trinajstić information content (AvgIpc) is 3.14. The number of hydrogen-bond donors (Lipinski definition) is 0. The third-order valence-electron chi connectivity index (χ3n) is 5.30. The Hall–Kier alpha value is -2.40. The first-order chi connectivity index (χ1) is 13.1. The number of benzene rings is 2. The Morgan fingerprint density at radius 3 is 2.41 bits per heavy atom. The van der Waals surface area contributed by atoms with Gasteiger partial charge >= 0.3 is 0 Å². The van der Waals surface area contributed by atoms with E-state index in [2.05, 4.69) is 61.2 Å². The molecule has 0 spiro atoms. The number of para-hydroxylation sites is 1. The molecule has 2 heterocycles. The highest BCUT2D eigenvalue weighted by Crippen LogP contribution is 2.31. The quantitative estimate of drug-likeness (QED) is 0.686.